The van der Waals surface area contributed by atoms with Crippen molar-refractivity contribution in [2.24, 2.45) is 0 Å². The van der Waals surface area contributed by atoms with E-state index in [0.717, 1.165) is 24.6 Å². The van der Waals surface area contributed by atoms with Crippen molar-refractivity contribution < 1.29 is 9.21 Å². The molecular weight excluding hydrogens is 304 g/mol. The molecule has 0 N–H and O–H groups in total. The summed E-state index contributed by atoms with van der Waals surface area (Å²) in [7, 11) is 0. The Morgan fingerprint density at radius 3 is 2.58 bits per heavy atom. The molecule has 2 aromatic rings. The van der Waals surface area contributed by atoms with E-state index in [1.807, 2.05) is 11.0 Å². The average Bonchev–Trinajstić information content (AvgIpc) is 3.36. The molecule has 4 rings (SSSR count). The van der Waals surface area contributed by atoms with E-state index in [1.165, 1.54) is 12.8 Å². The summed E-state index contributed by atoms with van der Waals surface area (Å²) in [6.07, 6.45) is 7.34. The first kappa shape index (κ1) is 14.9. The van der Waals surface area contributed by atoms with Crippen LogP contribution in [-0.4, -0.2) is 47.2 Å². The summed E-state index contributed by atoms with van der Waals surface area (Å²) in [5.41, 5.74) is 1.11. The van der Waals surface area contributed by atoms with Crippen molar-refractivity contribution in [3.05, 3.63) is 48.1 Å². The lowest BCUT2D eigenvalue weighted by Crippen LogP contribution is -2.48. The largest absolute Gasteiger partial charge is 0.465 e. The van der Waals surface area contributed by atoms with Crippen LogP contribution in [0.3, 0.4) is 0 Å². The van der Waals surface area contributed by atoms with Gasteiger partial charge in [0.1, 0.15) is 5.76 Å². The number of amides is 1. The third-order valence-electron chi connectivity index (χ3n) is 4.52. The van der Waals surface area contributed by atoms with Crippen molar-refractivity contribution in [2.75, 3.05) is 31.1 Å². The van der Waals surface area contributed by atoms with E-state index in [4.69, 9.17) is 4.42 Å². The highest BCUT2D eigenvalue weighted by atomic mass is 16.3. The van der Waals surface area contributed by atoms with Crippen molar-refractivity contribution in [1.82, 2.24) is 15.1 Å². The summed E-state index contributed by atoms with van der Waals surface area (Å²) in [6, 6.07) is 7.77. The number of aromatic nitrogens is 2. The number of hydrogen-bond donors (Lipinski definition) is 0. The summed E-state index contributed by atoms with van der Waals surface area (Å²) in [6.45, 7) is 2.93. The topological polar surface area (TPSA) is 62.5 Å². The maximum absolute atomic E-state index is 12.2. The number of anilines is 1. The smallest absolute Gasteiger partial charge is 0.246 e. The summed E-state index contributed by atoms with van der Waals surface area (Å²) in [4.78, 5) is 16.2. The van der Waals surface area contributed by atoms with Crippen LogP contribution in [0.25, 0.3) is 6.08 Å². The molecule has 1 saturated carbocycles. The molecule has 2 aliphatic rings. The lowest BCUT2D eigenvalue weighted by Gasteiger charge is -2.34. The molecule has 3 heterocycles. The number of piperazine rings is 1. The molecule has 1 amide bonds. The SMILES string of the molecule is O=C(/C=C/c1ccco1)N1CCN(c2ccc(C3CC3)nn2)CC1. The van der Waals surface area contributed by atoms with Gasteiger partial charge < -0.3 is 14.2 Å². The van der Waals surface area contributed by atoms with Gasteiger partial charge in [0, 0.05) is 38.2 Å². The number of nitrogens with zero attached hydrogens (tertiary/aromatic N) is 4. The Morgan fingerprint density at radius 2 is 1.96 bits per heavy atom. The molecule has 0 radical (unpaired) electrons. The van der Waals surface area contributed by atoms with Gasteiger partial charge >= 0.3 is 0 Å². The van der Waals surface area contributed by atoms with Crippen molar-refractivity contribution in [3.63, 3.8) is 0 Å². The first-order valence-electron chi connectivity index (χ1n) is 8.39. The van der Waals surface area contributed by atoms with E-state index in [1.54, 1.807) is 24.5 Å². The lowest BCUT2D eigenvalue weighted by atomic mass is 10.2. The second-order valence-electron chi connectivity index (χ2n) is 6.25. The Hall–Kier alpha value is -2.63. The van der Waals surface area contributed by atoms with Gasteiger partial charge in [0.05, 0.1) is 12.0 Å². The number of carbonyl (C=O) groups excluding carboxylic acids is 1. The monoisotopic (exact) mass is 324 g/mol. The summed E-state index contributed by atoms with van der Waals surface area (Å²) >= 11 is 0. The number of hydrogen-bond acceptors (Lipinski definition) is 5. The van der Waals surface area contributed by atoms with Gasteiger partial charge in [-0.2, -0.15) is 5.10 Å². The van der Waals surface area contributed by atoms with Crippen LogP contribution in [0.15, 0.2) is 41.0 Å². The van der Waals surface area contributed by atoms with E-state index in [-0.39, 0.29) is 5.91 Å². The molecule has 0 atom stereocenters. The van der Waals surface area contributed by atoms with Crippen LogP contribution in [0.4, 0.5) is 5.82 Å². The van der Waals surface area contributed by atoms with Gasteiger partial charge in [-0.1, -0.05) is 0 Å². The first-order valence-corrected chi connectivity index (χ1v) is 8.39. The van der Waals surface area contributed by atoms with Gasteiger partial charge in [-0.3, -0.25) is 4.79 Å². The molecule has 0 spiro atoms. The van der Waals surface area contributed by atoms with Gasteiger partial charge in [0.2, 0.25) is 5.91 Å². The fraction of sp³-hybridized carbons (Fsp3) is 0.389. The highest BCUT2D eigenvalue weighted by Crippen LogP contribution is 2.38. The minimum Gasteiger partial charge on any atom is -0.465 e. The van der Waals surface area contributed by atoms with Crippen LogP contribution < -0.4 is 4.90 Å². The van der Waals surface area contributed by atoms with E-state index in [2.05, 4.69) is 27.2 Å². The van der Waals surface area contributed by atoms with E-state index < -0.39 is 0 Å². The molecule has 1 saturated heterocycles. The highest BCUT2D eigenvalue weighted by molar-refractivity contribution is 5.91. The zero-order valence-corrected chi connectivity index (χ0v) is 13.5. The zero-order chi connectivity index (χ0) is 16.4. The van der Waals surface area contributed by atoms with Crippen LogP contribution >= 0.6 is 0 Å². The van der Waals surface area contributed by atoms with Crippen molar-refractivity contribution in [2.45, 2.75) is 18.8 Å². The summed E-state index contributed by atoms with van der Waals surface area (Å²) < 4.78 is 5.20. The van der Waals surface area contributed by atoms with E-state index in [0.29, 0.717) is 24.8 Å². The molecule has 124 valence electrons. The third kappa shape index (κ3) is 3.32. The molecular formula is C18H20N4O2. The van der Waals surface area contributed by atoms with Gasteiger partial charge in [-0.25, -0.2) is 0 Å². The van der Waals surface area contributed by atoms with E-state index in [9.17, 15) is 4.79 Å². The molecule has 2 fully saturated rings. The predicted molar refractivity (Wildman–Crippen MR) is 90.5 cm³/mol. The molecule has 1 aliphatic carbocycles. The van der Waals surface area contributed by atoms with Crippen LogP contribution in [0.1, 0.15) is 30.2 Å². The van der Waals surface area contributed by atoms with Gasteiger partial charge in [-0.15, -0.1) is 5.10 Å². The summed E-state index contributed by atoms with van der Waals surface area (Å²) in [5, 5.41) is 8.68. The Morgan fingerprint density at radius 1 is 1.12 bits per heavy atom. The molecule has 0 aromatic carbocycles. The van der Waals surface area contributed by atoms with Crippen molar-refractivity contribution >= 4 is 17.8 Å². The summed E-state index contributed by atoms with van der Waals surface area (Å²) in [5.74, 6) is 2.23. The van der Waals surface area contributed by atoms with Crippen LogP contribution in [0.2, 0.25) is 0 Å². The third-order valence-corrected chi connectivity index (χ3v) is 4.52. The van der Waals surface area contributed by atoms with Gasteiger partial charge in [0.25, 0.3) is 0 Å². The first-order chi connectivity index (χ1) is 11.8. The van der Waals surface area contributed by atoms with Gasteiger partial charge in [0.15, 0.2) is 5.82 Å². The fourth-order valence-electron chi connectivity index (χ4n) is 2.90. The normalized spacial score (nSPS) is 18.3. The molecule has 1 aliphatic heterocycles. The van der Waals surface area contributed by atoms with Crippen LogP contribution in [0, 0.1) is 0 Å². The zero-order valence-electron chi connectivity index (χ0n) is 13.5. The molecule has 24 heavy (non-hydrogen) atoms. The number of carbonyl (C=O) groups is 1. The maximum Gasteiger partial charge on any atom is 0.246 e. The van der Waals surface area contributed by atoms with Crippen LogP contribution in [0.5, 0.6) is 0 Å². The molecule has 2 aromatic heterocycles. The minimum absolute atomic E-state index is 0.0150. The Bertz CT molecular complexity index is 712. The maximum atomic E-state index is 12.2. The lowest BCUT2D eigenvalue weighted by molar-refractivity contribution is -0.126. The number of rotatable bonds is 4. The quantitative estimate of drug-likeness (QED) is 0.808. The highest BCUT2D eigenvalue weighted by Gasteiger charge is 2.26. The van der Waals surface area contributed by atoms with Crippen LogP contribution in [-0.2, 0) is 4.79 Å². The Balaban J connectivity index is 1.31. The van der Waals surface area contributed by atoms with Crippen molar-refractivity contribution in [1.29, 1.82) is 0 Å². The van der Waals surface area contributed by atoms with E-state index >= 15 is 0 Å². The predicted octanol–water partition coefficient (Wildman–Crippen LogP) is 2.31. The minimum atomic E-state index is 0.0150. The second-order valence-corrected chi connectivity index (χ2v) is 6.25. The van der Waals surface area contributed by atoms with Crippen molar-refractivity contribution in [3.8, 4) is 0 Å². The standard InChI is InChI=1S/C18H20N4O2/c23-18(8-5-15-2-1-13-24-15)22-11-9-21(10-12-22)17-7-6-16(19-20-17)14-3-4-14/h1-2,5-8,13-14H,3-4,9-12H2/b8-5+. The number of furan rings is 1. The fourth-order valence-corrected chi connectivity index (χ4v) is 2.90. The molecule has 6 heteroatoms. The Labute approximate surface area is 140 Å². The molecule has 6 nitrogen and oxygen atoms in total. The second kappa shape index (κ2) is 6.47. The molecule has 0 bridgehead atoms. The Kier molecular flexibility index (Phi) is 4.02. The average molecular weight is 324 g/mol. The van der Waals surface area contributed by atoms with Gasteiger partial charge in [-0.05, 0) is 43.2 Å². The molecule has 0 unspecified atom stereocenters.